The SMILES string of the molecule is c1cncc(COCC[C@@H]2CO[C@@H]3CN(C4CCOCC4)C[C@H]23)c1. The molecule has 24 heavy (non-hydrogen) atoms. The Kier molecular flexibility index (Phi) is 5.43. The average molecular weight is 332 g/mol. The van der Waals surface area contributed by atoms with E-state index in [1.165, 1.54) is 19.4 Å². The van der Waals surface area contributed by atoms with E-state index in [-0.39, 0.29) is 0 Å². The molecule has 5 heteroatoms. The Morgan fingerprint density at radius 2 is 2.17 bits per heavy atom. The molecule has 0 amide bonds. The molecule has 3 aliphatic heterocycles. The Labute approximate surface area is 144 Å². The maximum atomic E-state index is 6.09. The Balaban J connectivity index is 1.21. The molecule has 0 saturated carbocycles. The number of aromatic nitrogens is 1. The lowest BCUT2D eigenvalue weighted by molar-refractivity contribution is 0.0268. The van der Waals surface area contributed by atoms with Crippen LogP contribution in [0.4, 0.5) is 0 Å². The zero-order valence-corrected chi connectivity index (χ0v) is 14.3. The first-order valence-electron chi connectivity index (χ1n) is 9.30. The Bertz CT molecular complexity index is 507. The van der Waals surface area contributed by atoms with Crippen LogP contribution in [0, 0.1) is 11.8 Å². The molecule has 3 aliphatic rings. The maximum Gasteiger partial charge on any atom is 0.0746 e. The summed E-state index contributed by atoms with van der Waals surface area (Å²) >= 11 is 0. The van der Waals surface area contributed by atoms with Crippen LogP contribution in [0.3, 0.4) is 0 Å². The third-order valence-corrected chi connectivity index (χ3v) is 5.80. The minimum Gasteiger partial charge on any atom is -0.381 e. The van der Waals surface area contributed by atoms with E-state index in [1.807, 2.05) is 12.3 Å². The molecule has 4 rings (SSSR count). The standard InChI is InChI=1S/C19H28N2O3/c1-2-15(10-20-6-1)13-23-7-3-16-14-24-19-12-21(11-18(16)19)17-4-8-22-9-5-17/h1-2,6,10,16-19H,3-5,7-9,11-14H2/t16-,18-,19-/m1/s1. The van der Waals surface area contributed by atoms with Crippen LogP contribution in [0.5, 0.6) is 0 Å². The number of nitrogens with zero attached hydrogens (tertiary/aromatic N) is 2. The maximum absolute atomic E-state index is 6.09. The van der Waals surface area contributed by atoms with Crippen molar-refractivity contribution in [1.29, 1.82) is 0 Å². The highest BCUT2D eigenvalue weighted by Gasteiger charge is 2.45. The molecule has 0 bridgehead atoms. The topological polar surface area (TPSA) is 43.8 Å². The van der Waals surface area contributed by atoms with Crippen molar-refractivity contribution < 1.29 is 14.2 Å². The summed E-state index contributed by atoms with van der Waals surface area (Å²) < 4.78 is 17.4. The summed E-state index contributed by atoms with van der Waals surface area (Å²) in [5.74, 6) is 1.34. The van der Waals surface area contributed by atoms with E-state index in [2.05, 4.69) is 16.0 Å². The first-order chi connectivity index (χ1) is 11.9. The number of fused-ring (bicyclic) bond motifs is 1. The molecule has 0 aliphatic carbocycles. The zero-order valence-electron chi connectivity index (χ0n) is 14.3. The van der Waals surface area contributed by atoms with E-state index in [4.69, 9.17) is 14.2 Å². The molecule has 0 aromatic carbocycles. The Morgan fingerprint density at radius 3 is 3.00 bits per heavy atom. The van der Waals surface area contributed by atoms with Crippen molar-refractivity contribution in [2.75, 3.05) is 39.5 Å². The van der Waals surface area contributed by atoms with Crippen LogP contribution in [-0.4, -0.2) is 61.5 Å². The highest BCUT2D eigenvalue weighted by molar-refractivity contribution is 5.06. The van der Waals surface area contributed by atoms with E-state index in [9.17, 15) is 0 Å². The molecule has 4 heterocycles. The lowest BCUT2D eigenvalue weighted by Gasteiger charge is -2.31. The zero-order chi connectivity index (χ0) is 16.2. The number of pyridine rings is 1. The van der Waals surface area contributed by atoms with E-state index in [1.54, 1.807) is 6.20 Å². The normalized spacial score (nSPS) is 31.4. The highest BCUT2D eigenvalue weighted by Crippen LogP contribution is 2.37. The van der Waals surface area contributed by atoms with E-state index in [0.717, 1.165) is 45.0 Å². The smallest absolute Gasteiger partial charge is 0.0746 e. The van der Waals surface area contributed by atoms with Crippen molar-refractivity contribution >= 4 is 0 Å². The van der Waals surface area contributed by atoms with Gasteiger partial charge in [0.05, 0.1) is 19.3 Å². The number of hydrogen-bond donors (Lipinski definition) is 0. The van der Waals surface area contributed by atoms with Gasteiger partial charge in [-0.15, -0.1) is 0 Å². The molecule has 132 valence electrons. The number of likely N-dealkylation sites (tertiary alicyclic amines) is 1. The fourth-order valence-corrected chi connectivity index (χ4v) is 4.38. The van der Waals surface area contributed by atoms with Crippen molar-refractivity contribution in [3.63, 3.8) is 0 Å². The third-order valence-electron chi connectivity index (χ3n) is 5.80. The lowest BCUT2D eigenvalue weighted by atomic mass is 9.91. The van der Waals surface area contributed by atoms with Gasteiger partial charge in [0.1, 0.15) is 0 Å². The van der Waals surface area contributed by atoms with Crippen LogP contribution in [0.15, 0.2) is 24.5 Å². The molecule has 0 spiro atoms. The molecule has 3 fully saturated rings. The van der Waals surface area contributed by atoms with Crippen LogP contribution >= 0.6 is 0 Å². The molecule has 3 atom stereocenters. The van der Waals surface area contributed by atoms with Crippen LogP contribution in [-0.2, 0) is 20.8 Å². The van der Waals surface area contributed by atoms with Crippen LogP contribution in [0.25, 0.3) is 0 Å². The predicted octanol–water partition coefficient (Wildman–Crippen LogP) is 2.11. The molecule has 1 aromatic rings. The first kappa shape index (κ1) is 16.5. The van der Waals surface area contributed by atoms with Gasteiger partial charge in [-0.05, 0) is 36.8 Å². The van der Waals surface area contributed by atoms with Gasteiger partial charge in [-0.25, -0.2) is 0 Å². The van der Waals surface area contributed by atoms with Crippen molar-refractivity contribution in [2.24, 2.45) is 11.8 Å². The summed E-state index contributed by atoms with van der Waals surface area (Å²) in [7, 11) is 0. The Hall–Kier alpha value is -1.01. The van der Waals surface area contributed by atoms with Crippen molar-refractivity contribution in [2.45, 2.75) is 38.0 Å². The van der Waals surface area contributed by atoms with Crippen LogP contribution in [0.1, 0.15) is 24.8 Å². The molecule has 0 N–H and O–H groups in total. The summed E-state index contributed by atoms with van der Waals surface area (Å²) in [6.07, 6.45) is 7.57. The molecule has 5 nitrogen and oxygen atoms in total. The summed E-state index contributed by atoms with van der Waals surface area (Å²) in [6, 6.07) is 4.72. The van der Waals surface area contributed by atoms with Crippen LogP contribution in [0.2, 0.25) is 0 Å². The van der Waals surface area contributed by atoms with Gasteiger partial charge in [0.25, 0.3) is 0 Å². The highest BCUT2D eigenvalue weighted by atomic mass is 16.5. The second-order valence-electron chi connectivity index (χ2n) is 7.30. The average Bonchev–Trinajstić information content (AvgIpc) is 3.22. The summed E-state index contributed by atoms with van der Waals surface area (Å²) in [4.78, 5) is 6.78. The fourth-order valence-electron chi connectivity index (χ4n) is 4.38. The van der Waals surface area contributed by atoms with E-state index in [0.29, 0.717) is 30.6 Å². The summed E-state index contributed by atoms with van der Waals surface area (Å²) in [5.41, 5.74) is 1.14. The van der Waals surface area contributed by atoms with Crippen molar-refractivity contribution in [1.82, 2.24) is 9.88 Å². The van der Waals surface area contributed by atoms with Gasteiger partial charge in [-0.2, -0.15) is 0 Å². The van der Waals surface area contributed by atoms with Gasteiger partial charge >= 0.3 is 0 Å². The minimum absolute atomic E-state index is 0.441. The molecule has 0 radical (unpaired) electrons. The number of rotatable bonds is 6. The lowest BCUT2D eigenvalue weighted by Crippen LogP contribution is -2.39. The van der Waals surface area contributed by atoms with Crippen molar-refractivity contribution in [3.05, 3.63) is 30.1 Å². The largest absolute Gasteiger partial charge is 0.381 e. The molecule has 1 aromatic heterocycles. The van der Waals surface area contributed by atoms with Gasteiger partial charge in [-0.3, -0.25) is 9.88 Å². The predicted molar refractivity (Wildman–Crippen MR) is 90.6 cm³/mol. The number of ether oxygens (including phenoxy) is 3. The summed E-state index contributed by atoms with van der Waals surface area (Å²) in [6.45, 7) is 6.53. The van der Waals surface area contributed by atoms with Crippen molar-refractivity contribution in [3.8, 4) is 0 Å². The summed E-state index contributed by atoms with van der Waals surface area (Å²) in [5, 5.41) is 0. The van der Waals surface area contributed by atoms with Gasteiger partial charge in [0.15, 0.2) is 0 Å². The van der Waals surface area contributed by atoms with E-state index >= 15 is 0 Å². The number of hydrogen-bond acceptors (Lipinski definition) is 5. The molecular formula is C19H28N2O3. The van der Waals surface area contributed by atoms with Gasteiger partial charge < -0.3 is 14.2 Å². The monoisotopic (exact) mass is 332 g/mol. The molecule has 0 unspecified atom stereocenters. The first-order valence-corrected chi connectivity index (χ1v) is 9.30. The molecular weight excluding hydrogens is 304 g/mol. The molecule has 3 saturated heterocycles. The third kappa shape index (κ3) is 3.80. The second-order valence-corrected chi connectivity index (χ2v) is 7.30. The van der Waals surface area contributed by atoms with Gasteiger partial charge in [0.2, 0.25) is 0 Å². The van der Waals surface area contributed by atoms with E-state index < -0.39 is 0 Å². The fraction of sp³-hybridized carbons (Fsp3) is 0.737. The Morgan fingerprint density at radius 1 is 1.25 bits per heavy atom. The van der Waals surface area contributed by atoms with Crippen LogP contribution < -0.4 is 0 Å². The minimum atomic E-state index is 0.441. The van der Waals surface area contributed by atoms with Gasteiger partial charge in [-0.1, -0.05) is 6.07 Å². The quantitative estimate of drug-likeness (QED) is 0.747. The second kappa shape index (κ2) is 7.91. The van der Waals surface area contributed by atoms with Gasteiger partial charge in [0, 0.05) is 57.3 Å².